The van der Waals surface area contributed by atoms with Crippen molar-refractivity contribution in [3.05, 3.63) is 65.2 Å². The van der Waals surface area contributed by atoms with Gasteiger partial charge in [0.25, 0.3) is 0 Å². The van der Waals surface area contributed by atoms with Crippen LogP contribution >= 0.6 is 0 Å². The molecule has 0 aliphatic heterocycles. The summed E-state index contributed by atoms with van der Waals surface area (Å²) in [6.45, 7) is 3.69. The molecule has 2 rings (SSSR count). The van der Waals surface area contributed by atoms with Gasteiger partial charge >= 0.3 is 0 Å². The van der Waals surface area contributed by atoms with Crippen molar-refractivity contribution in [3.8, 4) is 5.75 Å². The highest BCUT2D eigenvalue weighted by molar-refractivity contribution is 7.89. The Morgan fingerprint density at radius 3 is 2.39 bits per heavy atom. The molecule has 0 unspecified atom stereocenters. The highest BCUT2D eigenvalue weighted by Gasteiger charge is 2.22. The lowest BCUT2D eigenvalue weighted by molar-refractivity contribution is -0.133. The van der Waals surface area contributed by atoms with E-state index < -0.39 is 21.8 Å². The van der Waals surface area contributed by atoms with Crippen LogP contribution in [0.15, 0.2) is 53.4 Å². The number of nitrogens with zero attached hydrogens (tertiary/aromatic N) is 1. The van der Waals surface area contributed by atoms with Gasteiger partial charge in [0, 0.05) is 6.08 Å². The van der Waals surface area contributed by atoms with Gasteiger partial charge in [-0.05, 0) is 55.3 Å². The number of primary amides is 1. The van der Waals surface area contributed by atoms with E-state index in [4.69, 9.17) is 10.5 Å². The molecule has 9 heteroatoms. The molecule has 33 heavy (non-hydrogen) atoms. The third-order valence-electron chi connectivity index (χ3n) is 5.24. The molecule has 2 aromatic carbocycles. The van der Waals surface area contributed by atoms with Crippen LogP contribution in [0.4, 0.5) is 0 Å². The number of sulfonamides is 1. The number of nitrogens with two attached hydrogens (primary N) is 1. The quantitative estimate of drug-likeness (QED) is 0.486. The Balaban J connectivity index is 2.31. The summed E-state index contributed by atoms with van der Waals surface area (Å²) < 4.78 is 31.9. The van der Waals surface area contributed by atoms with Gasteiger partial charge in [0.1, 0.15) is 17.2 Å². The fourth-order valence-electron chi connectivity index (χ4n) is 3.39. The molecule has 0 aliphatic carbocycles. The topological polar surface area (TPSA) is 119 Å². The molecule has 178 valence electrons. The van der Waals surface area contributed by atoms with Gasteiger partial charge in [0.15, 0.2) is 0 Å². The first-order chi connectivity index (χ1) is 15.6. The van der Waals surface area contributed by atoms with Crippen LogP contribution in [0, 0.1) is 0 Å². The minimum absolute atomic E-state index is 0.0448. The van der Waals surface area contributed by atoms with E-state index in [0.29, 0.717) is 5.56 Å². The molecule has 0 saturated heterocycles. The molecule has 0 bridgehead atoms. The Labute approximate surface area is 195 Å². The highest BCUT2D eigenvalue weighted by Crippen LogP contribution is 2.26. The fourth-order valence-corrected chi connectivity index (χ4v) is 4.31. The average molecular weight is 474 g/mol. The smallest absolute Gasteiger partial charge is 0.247 e. The summed E-state index contributed by atoms with van der Waals surface area (Å²) in [5.74, 6) is -0.867. The summed E-state index contributed by atoms with van der Waals surface area (Å²) in [5.41, 5.74) is 7.95. The lowest BCUT2D eigenvalue weighted by Gasteiger charge is -2.27. The molecule has 0 spiro atoms. The van der Waals surface area contributed by atoms with Crippen LogP contribution in [-0.4, -0.2) is 45.8 Å². The second-order valence-corrected chi connectivity index (χ2v) is 9.41. The van der Waals surface area contributed by atoms with Gasteiger partial charge in [-0.25, -0.2) is 13.1 Å². The van der Waals surface area contributed by atoms with Crippen LogP contribution in [0.1, 0.15) is 43.0 Å². The number of hydrogen-bond acceptors (Lipinski definition) is 5. The Morgan fingerprint density at radius 1 is 1.18 bits per heavy atom. The van der Waals surface area contributed by atoms with E-state index in [0.717, 1.165) is 18.4 Å². The van der Waals surface area contributed by atoms with E-state index in [1.54, 1.807) is 6.07 Å². The molecule has 1 atom stereocenters. The Bertz CT molecular complexity index is 1110. The molecular weight excluding hydrogens is 442 g/mol. The first-order valence-electron chi connectivity index (χ1n) is 10.6. The number of rotatable bonds is 11. The SMILES string of the molecule is CCCc1ccc([C@@H](C)N(CC(N)=O)C(=O)/C=C/c2ccc(OC)c(S(=O)(=O)NC)c2)cc1. The van der Waals surface area contributed by atoms with Crippen LogP contribution in [0.2, 0.25) is 0 Å². The normalized spacial score (nSPS) is 12.5. The van der Waals surface area contributed by atoms with Crippen molar-refractivity contribution in [2.24, 2.45) is 5.73 Å². The Morgan fingerprint density at radius 2 is 1.85 bits per heavy atom. The first-order valence-corrected chi connectivity index (χ1v) is 12.1. The molecule has 3 N–H and O–H groups in total. The maximum absolute atomic E-state index is 13.0. The predicted molar refractivity (Wildman–Crippen MR) is 128 cm³/mol. The zero-order valence-corrected chi connectivity index (χ0v) is 20.2. The van der Waals surface area contributed by atoms with E-state index in [1.807, 2.05) is 31.2 Å². The average Bonchev–Trinajstić information content (AvgIpc) is 2.81. The van der Waals surface area contributed by atoms with Crippen molar-refractivity contribution >= 4 is 27.9 Å². The van der Waals surface area contributed by atoms with Crippen LogP contribution < -0.4 is 15.2 Å². The van der Waals surface area contributed by atoms with Gasteiger partial charge in [0.05, 0.1) is 13.2 Å². The summed E-state index contributed by atoms with van der Waals surface area (Å²) in [5, 5.41) is 0. The molecule has 2 amide bonds. The molecule has 0 fully saturated rings. The van der Waals surface area contributed by atoms with E-state index in [9.17, 15) is 18.0 Å². The summed E-state index contributed by atoms with van der Waals surface area (Å²) in [7, 11) is -1.08. The molecule has 0 aromatic heterocycles. The summed E-state index contributed by atoms with van der Waals surface area (Å²) in [6, 6.07) is 12.1. The van der Waals surface area contributed by atoms with Gasteiger partial charge in [-0.1, -0.05) is 43.7 Å². The summed E-state index contributed by atoms with van der Waals surface area (Å²) >= 11 is 0. The predicted octanol–water partition coefficient (Wildman–Crippen LogP) is 2.64. The number of carbonyl (C=O) groups is 2. The largest absolute Gasteiger partial charge is 0.495 e. The van der Waals surface area contributed by atoms with Crippen molar-refractivity contribution in [2.45, 2.75) is 37.6 Å². The van der Waals surface area contributed by atoms with Gasteiger partial charge in [-0.15, -0.1) is 0 Å². The number of hydrogen-bond donors (Lipinski definition) is 2. The Hall–Kier alpha value is -3.17. The molecule has 0 aliphatic rings. The highest BCUT2D eigenvalue weighted by atomic mass is 32.2. The molecule has 2 aromatic rings. The number of methoxy groups -OCH3 is 1. The van der Waals surface area contributed by atoms with Crippen LogP contribution in [0.5, 0.6) is 5.75 Å². The fraction of sp³-hybridized carbons (Fsp3) is 0.333. The van der Waals surface area contributed by atoms with E-state index >= 15 is 0 Å². The molecule has 0 radical (unpaired) electrons. The number of benzene rings is 2. The number of nitrogens with one attached hydrogen (secondary N) is 1. The van der Waals surface area contributed by atoms with Gasteiger partial charge in [-0.2, -0.15) is 0 Å². The molecular formula is C24H31N3O5S. The number of aryl methyl sites for hydroxylation is 1. The van der Waals surface area contributed by atoms with Crippen molar-refractivity contribution < 1.29 is 22.7 Å². The van der Waals surface area contributed by atoms with E-state index in [1.165, 1.54) is 48.9 Å². The standard InChI is InChI=1S/C24H31N3O5S/c1-5-6-18-7-11-20(12-8-18)17(2)27(16-23(25)28)24(29)14-10-19-9-13-21(32-4)22(15-19)33(30,31)26-3/h7-15,17,26H,5-6,16H2,1-4H3,(H2,25,28)/b14-10+/t17-/m1/s1. The first kappa shape index (κ1) is 26.1. The number of ether oxygens (including phenoxy) is 1. The van der Waals surface area contributed by atoms with Gasteiger partial charge in [-0.3, -0.25) is 9.59 Å². The van der Waals surface area contributed by atoms with Crippen LogP contribution in [0.3, 0.4) is 0 Å². The Kier molecular flexibility index (Phi) is 9.19. The van der Waals surface area contributed by atoms with Crippen LogP contribution in [0.25, 0.3) is 6.08 Å². The maximum atomic E-state index is 13.0. The van der Waals surface area contributed by atoms with Crippen molar-refractivity contribution in [2.75, 3.05) is 20.7 Å². The molecule has 8 nitrogen and oxygen atoms in total. The van der Waals surface area contributed by atoms with E-state index in [2.05, 4.69) is 11.6 Å². The van der Waals surface area contributed by atoms with Gasteiger partial charge in [0.2, 0.25) is 21.8 Å². The third-order valence-corrected chi connectivity index (χ3v) is 6.68. The summed E-state index contributed by atoms with van der Waals surface area (Å²) in [6.07, 6.45) is 4.78. The van der Waals surface area contributed by atoms with Crippen molar-refractivity contribution in [3.63, 3.8) is 0 Å². The summed E-state index contributed by atoms with van der Waals surface area (Å²) in [4.78, 5) is 25.9. The zero-order chi connectivity index (χ0) is 24.6. The maximum Gasteiger partial charge on any atom is 0.247 e. The molecule has 0 saturated carbocycles. The minimum Gasteiger partial charge on any atom is -0.495 e. The van der Waals surface area contributed by atoms with Gasteiger partial charge < -0.3 is 15.4 Å². The number of amides is 2. The lowest BCUT2D eigenvalue weighted by atomic mass is 10.0. The van der Waals surface area contributed by atoms with Crippen LogP contribution in [-0.2, 0) is 26.0 Å². The van der Waals surface area contributed by atoms with Crippen molar-refractivity contribution in [1.82, 2.24) is 9.62 Å². The third kappa shape index (κ3) is 6.90. The van der Waals surface area contributed by atoms with E-state index in [-0.39, 0.29) is 23.2 Å². The second-order valence-electron chi connectivity index (χ2n) is 7.55. The second kappa shape index (κ2) is 11.6. The number of carbonyl (C=O) groups excluding carboxylic acids is 2. The zero-order valence-electron chi connectivity index (χ0n) is 19.4. The monoisotopic (exact) mass is 473 g/mol. The molecule has 0 heterocycles. The van der Waals surface area contributed by atoms with Crippen molar-refractivity contribution in [1.29, 1.82) is 0 Å². The lowest BCUT2D eigenvalue weighted by Crippen LogP contribution is -2.39. The minimum atomic E-state index is -3.76.